The SMILES string of the molecule is C[C@H]1CN(CCc2ccc([N+](=O)[O-])cc2)CC[C@]1(C)c1ccccc1.Cl. The normalized spacial score (nSPS) is 23.2. The molecule has 0 bridgehead atoms. The van der Waals surface area contributed by atoms with Crippen molar-refractivity contribution in [3.05, 3.63) is 75.8 Å². The molecule has 140 valence electrons. The van der Waals surface area contributed by atoms with Gasteiger partial charge in [-0.25, -0.2) is 0 Å². The molecule has 3 rings (SSSR count). The highest BCUT2D eigenvalue weighted by atomic mass is 35.5. The number of halogens is 1. The first-order valence-corrected chi connectivity index (χ1v) is 9.00. The van der Waals surface area contributed by atoms with Crippen molar-refractivity contribution in [2.75, 3.05) is 19.6 Å². The molecule has 1 heterocycles. The first-order chi connectivity index (χ1) is 12.0. The zero-order valence-electron chi connectivity index (χ0n) is 15.4. The largest absolute Gasteiger partial charge is 0.303 e. The molecule has 26 heavy (non-hydrogen) atoms. The summed E-state index contributed by atoms with van der Waals surface area (Å²) >= 11 is 0. The molecule has 1 fully saturated rings. The van der Waals surface area contributed by atoms with E-state index < -0.39 is 0 Å². The standard InChI is InChI=1S/C21H26N2O2.ClH/c1-17-16-22(14-12-18-8-10-20(11-9-18)23(24)25)15-13-21(17,2)19-6-4-3-5-7-19;/h3-11,17H,12-16H2,1-2H3;1H/t17-,21-;/m0./s1. The second kappa shape index (κ2) is 8.65. The summed E-state index contributed by atoms with van der Waals surface area (Å²) in [5.74, 6) is 0.598. The maximum Gasteiger partial charge on any atom is 0.269 e. The summed E-state index contributed by atoms with van der Waals surface area (Å²) < 4.78 is 0. The van der Waals surface area contributed by atoms with Crippen molar-refractivity contribution in [2.24, 2.45) is 5.92 Å². The van der Waals surface area contributed by atoms with Crippen molar-refractivity contribution in [3.8, 4) is 0 Å². The molecule has 0 spiro atoms. The van der Waals surface area contributed by atoms with Gasteiger partial charge in [-0.15, -0.1) is 12.4 Å². The van der Waals surface area contributed by atoms with E-state index in [1.165, 1.54) is 12.0 Å². The highest BCUT2D eigenvalue weighted by Crippen LogP contribution is 2.39. The number of hydrogen-bond acceptors (Lipinski definition) is 3. The van der Waals surface area contributed by atoms with Crippen LogP contribution in [0.15, 0.2) is 54.6 Å². The van der Waals surface area contributed by atoms with Crippen LogP contribution < -0.4 is 0 Å². The molecular formula is C21H27ClN2O2. The van der Waals surface area contributed by atoms with Crippen molar-refractivity contribution in [3.63, 3.8) is 0 Å². The van der Waals surface area contributed by atoms with Crippen LogP contribution in [-0.2, 0) is 11.8 Å². The number of benzene rings is 2. The van der Waals surface area contributed by atoms with Gasteiger partial charge in [0, 0.05) is 25.2 Å². The maximum atomic E-state index is 10.7. The summed E-state index contributed by atoms with van der Waals surface area (Å²) in [6, 6.07) is 17.8. The van der Waals surface area contributed by atoms with Crippen LogP contribution in [-0.4, -0.2) is 29.5 Å². The lowest BCUT2D eigenvalue weighted by Gasteiger charge is -2.45. The van der Waals surface area contributed by atoms with E-state index in [2.05, 4.69) is 49.1 Å². The van der Waals surface area contributed by atoms with Gasteiger partial charge in [-0.3, -0.25) is 10.1 Å². The fourth-order valence-electron chi connectivity index (χ4n) is 3.84. The lowest BCUT2D eigenvalue weighted by atomic mass is 9.68. The topological polar surface area (TPSA) is 46.4 Å². The highest BCUT2D eigenvalue weighted by molar-refractivity contribution is 5.85. The lowest BCUT2D eigenvalue weighted by Crippen LogP contribution is -2.47. The molecule has 0 unspecified atom stereocenters. The molecule has 1 saturated heterocycles. The molecule has 0 N–H and O–H groups in total. The minimum atomic E-state index is -0.347. The smallest absolute Gasteiger partial charge is 0.269 e. The first kappa shape index (κ1) is 20.4. The Balaban J connectivity index is 0.00000243. The number of nitro groups is 1. The third-order valence-electron chi connectivity index (χ3n) is 5.86. The van der Waals surface area contributed by atoms with Gasteiger partial charge < -0.3 is 4.90 Å². The summed E-state index contributed by atoms with van der Waals surface area (Å²) in [5, 5.41) is 10.7. The minimum absolute atomic E-state index is 0. The average molecular weight is 375 g/mol. The van der Waals surface area contributed by atoms with Gasteiger partial charge in [0.2, 0.25) is 0 Å². The fourth-order valence-corrected chi connectivity index (χ4v) is 3.84. The van der Waals surface area contributed by atoms with Crippen molar-refractivity contribution in [2.45, 2.75) is 32.1 Å². The zero-order chi connectivity index (χ0) is 17.9. The Kier molecular flexibility index (Phi) is 6.79. The van der Waals surface area contributed by atoms with E-state index in [-0.39, 0.29) is 28.4 Å². The molecule has 0 aromatic heterocycles. The molecule has 0 amide bonds. The van der Waals surface area contributed by atoms with E-state index in [1.54, 1.807) is 12.1 Å². The first-order valence-electron chi connectivity index (χ1n) is 9.00. The second-order valence-corrected chi connectivity index (χ2v) is 7.41. The number of rotatable bonds is 5. The van der Waals surface area contributed by atoms with E-state index in [1.807, 2.05) is 12.1 Å². The van der Waals surface area contributed by atoms with Crippen molar-refractivity contribution in [1.29, 1.82) is 0 Å². The van der Waals surface area contributed by atoms with Crippen LogP contribution in [0.4, 0.5) is 5.69 Å². The number of nitrogens with zero attached hydrogens (tertiary/aromatic N) is 2. The number of non-ortho nitro benzene ring substituents is 1. The lowest BCUT2D eigenvalue weighted by molar-refractivity contribution is -0.384. The van der Waals surface area contributed by atoms with Crippen LogP contribution in [0.2, 0.25) is 0 Å². The van der Waals surface area contributed by atoms with E-state index in [9.17, 15) is 10.1 Å². The Morgan fingerprint density at radius 2 is 1.81 bits per heavy atom. The monoisotopic (exact) mass is 374 g/mol. The fraction of sp³-hybridized carbons (Fsp3) is 0.429. The molecule has 2 aromatic rings. The number of nitro benzene ring substituents is 1. The van der Waals surface area contributed by atoms with Crippen molar-refractivity contribution >= 4 is 18.1 Å². The molecule has 4 nitrogen and oxygen atoms in total. The van der Waals surface area contributed by atoms with Gasteiger partial charge in [-0.2, -0.15) is 0 Å². The molecular weight excluding hydrogens is 348 g/mol. The Morgan fingerprint density at radius 1 is 1.15 bits per heavy atom. The third kappa shape index (κ3) is 4.43. The second-order valence-electron chi connectivity index (χ2n) is 7.41. The van der Waals surface area contributed by atoms with Crippen molar-refractivity contribution < 1.29 is 4.92 Å². The Labute approximate surface area is 161 Å². The molecule has 0 radical (unpaired) electrons. The summed E-state index contributed by atoms with van der Waals surface area (Å²) in [6.45, 7) is 7.94. The summed E-state index contributed by atoms with van der Waals surface area (Å²) in [4.78, 5) is 12.9. The predicted octanol–water partition coefficient (Wildman–Crippen LogP) is 4.86. The van der Waals surface area contributed by atoms with Crippen LogP contribution in [0, 0.1) is 16.0 Å². The van der Waals surface area contributed by atoms with Gasteiger partial charge in [0.15, 0.2) is 0 Å². The predicted molar refractivity (Wildman–Crippen MR) is 108 cm³/mol. The molecule has 2 aromatic carbocycles. The molecule has 1 aliphatic heterocycles. The van der Waals surface area contributed by atoms with Crippen LogP contribution in [0.1, 0.15) is 31.4 Å². The van der Waals surface area contributed by atoms with E-state index in [4.69, 9.17) is 0 Å². The van der Waals surface area contributed by atoms with Crippen LogP contribution in [0.25, 0.3) is 0 Å². The summed E-state index contributed by atoms with van der Waals surface area (Å²) in [6.07, 6.45) is 2.10. The molecule has 0 saturated carbocycles. The molecule has 5 heteroatoms. The molecule has 0 aliphatic carbocycles. The Hall–Kier alpha value is -1.91. The molecule has 1 aliphatic rings. The van der Waals surface area contributed by atoms with Crippen molar-refractivity contribution in [1.82, 2.24) is 4.90 Å². The highest BCUT2D eigenvalue weighted by Gasteiger charge is 2.37. The Morgan fingerprint density at radius 3 is 2.38 bits per heavy atom. The molecule has 2 atom stereocenters. The van der Waals surface area contributed by atoms with Gasteiger partial charge in [-0.1, -0.05) is 56.3 Å². The minimum Gasteiger partial charge on any atom is -0.303 e. The van der Waals surface area contributed by atoms with Crippen LogP contribution >= 0.6 is 12.4 Å². The van der Waals surface area contributed by atoms with Crippen LogP contribution in [0.3, 0.4) is 0 Å². The summed E-state index contributed by atoms with van der Waals surface area (Å²) in [5.41, 5.74) is 3.01. The average Bonchev–Trinajstić information content (AvgIpc) is 2.64. The van der Waals surface area contributed by atoms with Gasteiger partial charge in [-0.05, 0) is 41.8 Å². The van der Waals surface area contributed by atoms with Gasteiger partial charge >= 0.3 is 0 Å². The number of likely N-dealkylation sites (tertiary alicyclic amines) is 1. The van der Waals surface area contributed by atoms with Gasteiger partial charge in [0.25, 0.3) is 5.69 Å². The van der Waals surface area contributed by atoms with Gasteiger partial charge in [0.1, 0.15) is 0 Å². The zero-order valence-corrected chi connectivity index (χ0v) is 16.2. The van der Waals surface area contributed by atoms with Crippen LogP contribution in [0.5, 0.6) is 0 Å². The quantitative estimate of drug-likeness (QED) is 0.554. The van der Waals surface area contributed by atoms with E-state index in [0.717, 1.165) is 31.6 Å². The van der Waals surface area contributed by atoms with E-state index >= 15 is 0 Å². The Bertz CT molecular complexity index is 721. The third-order valence-corrected chi connectivity index (χ3v) is 5.86. The van der Waals surface area contributed by atoms with E-state index in [0.29, 0.717) is 5.92 Å². The summed E-state index contributed by atoms with van der Waals surface area (Å²) in [7, 11) is 0. The maximum absolute atomic E-state index is 10.7. The van der Waals surface area contributed by atoms with Gasteiger partial charge in [0.05, 0.1) is 4.92 Å². The number of piperidine rings is 1. The number of hydrogen-bond donors (Lipinski definition) is 0.